The molecule has 4 nitrogen and oxygen atoms in total. The number of benzene rings is 3. The van der Waals surface area contributed by atoms with Gasteiger partial charge in [-0.15, -0.1) is 0 Å². The smallest absolute Gasteiger partial charge is 0.167 e. The van der Waals surface area contributed by atoms with Gasteiger partial charge >= 0.3 is 0 Å². The number of aryl methyl sites for hydroxylation is 1. The minimum Gasteiger partial charge on any atom is -0.507 e. The number of aromatic hydroxyl groups is 1. The quantitative estimate of drug-likeness (QED) is 0.329. The van der Waals surface area contributed by atoms with Crippen LogP contribution in [0.15, 0.2) is 78.9 Å². The van der Waals surface area contributed by atoms with Gasteiger partial charge in [-0.25, -0.2) is 15.0 Å². The Labute approximate surface area is 183 Å². The number of hydrogen-bond acceptors (Lipinski definition) is 4. The molecule has 0 aliphatic carbocycles. The van der Waals surface area contributed by atoms with E-state index in [4.69, 9.17) is 15.0 Å². The predicted octanol–water partition coefficient (Wildman–Crippen LogP) is 6.70. The largest absolute Gasteiger partial charge is 0.507 e. The fourth-order valence-corrected chi connectivity index (χ4v) is 3.61. The Morgan fingerprint density at radius 1 is 0.645 bits per heavy atom. The first kappa shape index (κ1) is 20.7. The topological polar surface area (TPSA) is 58.9 Å². The molecule has 3 aromatic carbocycles. The van der Waals surface area contributed by atoms with E-state index in [0.29, 0.717) is 23.0 Å². The van der Waals surface area contributed by atoms with Crippen molar-refractivity contribution in [2.45, 2.75) is 39.0 Å². The Kier molecular flexibility index (Phi) is 6.68. The van der Waals surface area contributed by atoms with E-state index in [9.17, 15) is 5.11 Å². The van der Waals surface area contributed by atoms with E-state index in [1.54, 1.807) is 0 Å². The lowest BCUT2D eigenvalue weighted by molar-refractivity contribution is 0.476. The zero-order chi connectivity index (χ0) is 21.5. The summed E-state index contributed by atoms with van der Waals surface area (Å²) in [6.07, 6.45) is 5.79. The van der Waals surface area contributed by atoms with Crippen LogP contribution in [0.25, 0.3) is 34.2 Å². The monoisotopic (exact) mass is 409 g/mol. The molecule has 0 saturated carbocycles. The van der Waals surface area contributed by atoms with Crippen molar-refractivity contribution >= 4 is 0 Å². The van der Waals surface area contributed by atoms with Crippen LogP contribution in [0.2, 0.25) is 0 Å². The molecule has 0 spiro atoms. The van der Waals surface area contributed by atoms with Crippen molar-refractivity contribution < 1.29 is 5.11 Å². The first-order chi connectivity index (χ1) is 15.2. The van der Waals surface area contributed by atoms with Crippen molar-refractivity contribution in [1.29, 1.82) is 0 Å². The molecule has 31 heavy (non-hydrogen) atoms. The predicted molar refractivity (Wildman–Crippen MR) is 126 cm³/mol. The van der Waals surface area contributed by atoms with Crippen molar-refractivity contribution in [1.82, 2.24) is 15.0 Å². The van der Waals surface area contributed by atoms with Crippen LogP contribution in [-0.4, -0.2) is 20.1 Å². The van der Waals surface area contributed by atoms with E-state index in [1.165, 1.54) is 19.3 Å². The van der Waals surface area contributed by atoms with Crippen molar-refractivity contribution in [3.63, 3.8) is 0 Å². The Bertz CT molecular complexity index is 1070. The average Bonchev–Trinajstić information content (AvgIpc) is 2.83. The maximum Gasteiger partial charge on any atom is 0.167 e. The van der Waals surface area contributed by atoms with Gasteiger partial charge in [0.25, 0.3) is 0 Å². The van der Waals surface area contributed by atoms with Gasteiger partial charge in [0.05, 0.1) is 5.56 Å². The third-order valence-corrected chi connectivity index (χ3v) is 5.32. The number of rotatable bonds is 8. The molecule has 0 bridgehead atoms. The lowest BCUT2D eigenvalue weighted by Gasteiger charge is -2.10. The summed E-state index contributed by atoms with van der Waals surface area (Å²) < 4.78 is 0. The van der Waals surface area contributed by atoms with Gasteiger partial charge in [-0.2, -0.15) is 0 Å². The van der Waals surface area contributed by atoms with Crippen LogP contribution in [0.5, 0.6) is 5.75 Å². The molecule has 4 heteroatoms. The molecule has 0 atom stereocenters. The van der Waals surface area contributed by atoms with Gasteiger partial charge in [-0.1, -0.05) is 92.9 Å². The Morgan fingerprint density at radius 3 is 1.77 bits per heavy atom. The maximum absolute atomic E-state index is 10.8. The number of aromatic nitrogens is 3. The third kappa shape index (κ3) is 5.15. The summed E-state index contributed by atoms with van der Waals surface area (Å²) in [6.45, 7) is 2.21. The molecule has 0 aliphatic heterocycles. The van der Waals surface area contributed by atoms with E-state index in [0.717, 1.165) is 29.5 Å². The highest BCUT2D eigenvalue weighted by molar-refractivity contribution is 5.69. The minimum atomic E-state index is 0.206. The zero-order valence-electron chi connectivity index (χ0n) is 17.8. The summed E-state index contributed by atoms with van der Waals surface area (Å²) >= 11 is 0. The number of hydrogen-bond donors (Lipinski definition) is 1. The van der Waals surface area contributed by atoms with Crippen LogP contribution in [0.3, 0.4) is 0 Å². The summed E-state index contributed by atoms with van der Waals surface area (Å²) in [5.74, 6) is 1.86. The van der Waals surface area contributed by atoms with Crippen LogP contribution in [0, 0.1) is 0 Å². The first-order valence-electron chi connectivity index (χ1n) is 10.9. The molecule has 0 amide bonds. The third-order valence-electron chi connectivity index (χ3n) is 5.32. The average molecular weight is 410 g/mol. The minimum absolute atomic E-state index is 0.206. The summed E-state index contributed by atoms with van der Waals surface area (Å²) in [7, 11) is 0. The van der Waals surface area contributed by atoms with E-state index in [1.807, 2.05) is 72.8 Å². The molecular formula is C27H27N3O. The fraction of sp³-hybridized carbons (Fsp3) is 0.222. The summed E-state index contributed by atoms with van der Waals surface area (Å²) in [5.41, 5.74) is 3.58. The highest BCUT2D eigenvalue weighted by atomic mass is 16.3. The van der Waals surface area contributed by atoms with Crippen LogP contribution < -0.4 is 0 Å². The normalized spacial score (nSPS) is 10.9. The van der Waals surface area contributed by atoms with Crippen molar-refractivity contribution in [3.05, 3.63) is 84.4 Å². The van der Waals surface area contributed by atoms with Crippen molar-refractivity contribution in [2.24, 2.45) is 0 Å². The molecule has 1 heterocycles. The number of unbranched alkanes of at least 4 members (excludes halogenated alkanes) is 3. The van der Waals surface area contributed by atoms with Crippen molar-refractivity contribution in [2.75, 3.05) is 0 Å². The van der Waals surface area contributed by atoms with Crippen LogP contribution in [-0.2, 0) is 6.42 Å². The van der Waals surface area contributed by atoms with E-state index >= 15 is 0 Å². The van der Waals surface area contributed by atoms with Gasteiger partial charge in [-0.05, 0) is 30.5 Å². The van der Waals surface area contributed by atoms with Gasteiger partial charge in [0.2, 0.25) is 0 Å². The van der Waals surface area contributed by atoms with Crippen LogP contribution >= 0.6 is 0 Å². The van der Waals surface area contributed by atoms with Gasteiger partial charge in [-0.3, -0.25) is 0 Å². The molecule has 4 aromatic rings. The van der Waals surface area contributed by atoms with Gasteiger partial charge < -0.3 is 5.11 Å². The van der Waals surface area contributed by atoms with Gasteiger partial charge in [0, 0.05) is 11.1 Å². The lowest BCUT2D eigenvalue weighted by atomic mass is 10.0. The molecule has 0 unspecified atom stereocenters. The van der Waals surface area contributed by atoms with Gasteiger partial charge in [0.1, 0.15) is 5.75 Å². The van der Waals surface area contributed by atoms with Crippen molar-refractivity contribution in [3.8, 4) is 39.9 Å². The molecule has 1 aromatic heterocycles. The molecule has 0 radical (unpaired) electrons. The zero-order valence-corrected chi connectivity index (χ0v) is 17.8. The molecule has 156 valence electrons. The standard InChI is InChI=1S/C27H27N3O/c1-2-3-4-7-12-20-17-18-23(24(31)19-20)27-29-25(21-13-8-5-9-14-21)28-26(30-27)22-15-10-6-11-16-22/h5-6,8-11,13-19,31H,2-4,7,12H2,1H3. The molecular weight excluding hydrogens is 382 g/mol. The highest BCUT2D eigenvalue weighted by Gasteiger charge is 2.14. The molecule has 0 aliphatic rings. The fourth-order valence-electron chi connectivity index (χ4n) is 3.61. The molecule has 1 N–H and O–H groups in total. The van der Waals surface area contributed by atoms with E-state index < -0.39 is 0 Å². The summed E-state index contributed by atoms with van der Waals surface area (Å²) in [6, 6.07) is 25.5. The first-order valence-corrected chi connectivity index (χ1v) is 10.9. The Morgan fingerprint density at radius 2 is 1.23 bits per heavy atom. The summed E-state index contributed by atoms with van der Waals surface area (Å²) in [5, 5.41) is 10.8. The molecule has 4 rings (SSSR count). The molecule has 0 saturated heterocycles. The van der Waals surface area contributed by atoms with Crippen LogP contribution in [0.4, 0.5) is 0 Å². The second-order valence-electron chi connectivity index (χ2n) is 7.70. The SMILES string of the molecule is CCCCCCc1ccc(-c2nc(-c3ccccc3)nc(-c3ccccc3)n2)c(O)c1. The van der Waals surface area contributed by atoms with E-state index in [2.05, 4.69) is 13.0 Å². The second-order valence-corrected chi connectivity index (χ2v) is 7.70. The number of phenols is 1. The number of nitrogens with zero attached hydrogens (tertiary/aromatic N) is 3. The van der Waals surface area contributed by atoms with Crippen LogP contribution in [0.1, 0.15) is 38.2 Å². The lowest BCUT2D eigenvalue weighted by Crippen LogP contribution is -2.00. The Hall–Kier alpha value is -3.53. The highest BCUT2D eigenvalue weighted by Crippen LogP contribution is 2.31. The second kappa shape index (κ2) is 9.98. The van der Waals surface area contributed by atoms with E-state index in [-0.39, 0.29) is 5.75 Å². The summed E-state index contributed by atoms with van der Waals surface area (Å²) in [4.78, 5) is 14.1. The molecule has 0 fully saturated rings. The van der Waals surface area contributed by atoms with Gasteiger partial charge in [0.15, 0.2) is 17.5 Å². The maximum atomic E-state index is 10.8. The number of phenolic OH excluding ortho intramolecular Hbond substituents is 1. The Balaban J connectivity index is 1.72.